The van der Waals surface area contributed by atoms with Crippen LogP contribution in [0.25, 0.3) is 0 Å². The summed E-state index contributed by atoms with van der Waals surface area (Å²) in [6, 6.07) is 0. The van der Waals surface area contributed by atoms with E-state index in [1.807, 2.05) is 0 Å². The Morgan fingerprint density at radius 1 is 1.53 bits per heavy atom. The Kier molecular flexibility index (Phi) is 3.19. The first-order valence-electron chi connectivity index (χ1n) is 5.38. The maximum Gasteiger partial charge on any atom is 0.322 e. The van der Waals surface area contributed by atoms with Crippen LogP contribution in [0.4, 0.5) is 0 Å². The van der Waals surface area contributed by atoms with Gasteiger partial charge >= 0.3 is 5.97 Å². The summed E-state index contributed by atoms with van der Waals surface area (Å²) in [5, 5.41) is 21.2. The van der Waals surface area contributed by atoms with Crippen molar-refractivity contribution in [3.8, 4) is 0 Å². The van der Waals surface area contributed by atoms with Crippen LogP contribution in [-0.4, -0.2) is 36.9 Å². The highest BCUT2D eigenvalue weighted by atomic mass is 32.2. The molecule has 2 heterocycles. The van der Waals surface area contributed by atoms with Crippen molar-refractivity contribution in [3.05, 3.63) is 5.82 Å². The molecule has 6 nitrogen and oxygen atoms in total. The summed E-state index contributed by atoms with van der Waals surface area (Å²) in [5.41, 5.74) is 0.569. The van der Waals surface area contributed by atoms with Gasteiger partial charge in [-0.1, -0.05) is 25.6 Å². The van der Waals surface area contributed by atoms with E-state index in [0.29, 0.717) is 16.8 Å². The zero-order valence-corrected chi connectivity index (χ0v) is 10.7. The summed E-state index contributed by atoms with van der Waals surface area (Å²) in [7, 11) is 0. The van der Waals surface area contributed by atoms with Crippen LogP contribution in [0.3, 0.4) is 0 Å². The number of hydrogen-bond donors (Lipinski definition) is 1. The van der Waals surface area contributed by atoms with Crippen LogP contribution in [0.2, 0.25) is 0 Å². The molecule has 2 rings (SSSR count). The first-order chi connectivity index (χ1) is 7.99. The van der Waals surface area contributed by atoms with E-state index < -0.39 is 11.2 Å². The van der Waals surface area contributed by atoms with Gasteiger partial charge in [0.25, 0.3) is 0 Å². The van der Waals surface area contributed by atoms with E-state index in [1.54, 1.807) is 11.6 Å². The molecule has 0 bridgehead atoms. The average molecular weight is 254 g/mol. The highest BCUT2D eigenvalue weighted by Crippen LogP contribution is 2.28. The third kappa shape index (κ3) is 2.33. The smallest absolute Gasteiger partial charge is 0.322 e. The maximum atomic E-state index is 11.0. The van der Waals surface area contributed by atoms with Crippen LogP contribution < -0.4 is 0 Å². The number of fused-ring (bicyclic) bond motifs is 1. The predicted octanol–water partition coefficient (Wildman–Crippen LogP) is 1.26. The SMILES string of the molecule is CC1=Nn2c(CC(C)C)nnc2SC1C(=O)O. The van der Waals surface area contributed by atoms with Crippen molar-refractivity contribution in [2.45, 2.75) is 37.6 Å². The van der Waals surface area contributed by atoms with Gasteiger partial charge in [0.15, 0.2) is 5.82 Å². The van der Waals surface area contributed by atoms with Crippen LogP contribution in [0.5, 0.6) is 0 Å². The van der Waals surface area contributed by atoms with Gasteiger partial charge in [-0.05, 0) is 12.8 Å². The fourth-order valence-corrected chi connectivity index (χ4v) is 2.46. The van der Waals surface area contributed by atoms with E-state index in [9.17, 15) is 4.79 Å². The topological polar surface area (TPSA) is 80.4 Å². The largest absolute Gasteiger partial charge is 0.480 e. The van der Waals surface area contributed by atoms with Crippen molar-refractivity contribution in [1.82, 2.24) is 14.9 Å². The Morgan fingerprint density at radius 3 is 2.82 bits per heavy atom. The molecule has 7 heteroatoms. The summed E-state index contributed by atoms with van der Waals surface area (Å²) in [6.07, 6.45) is 0.780. The summed E-state index contributed by atoms with van der Waals surface area (Å²) < 4.78 is 1.65. The number of rotatable bonds is 3. The van der Waals surface area contributed by atoms with Gasteiger partial charge in [-0.15, -0.1) is 10.2 Å². The summed E-state index contributed by atoms with van der Waals surface area (Å²) in [5.74, 6) is 0.350. The van der Waals surface area contributed by atoms with Gasteiger partial charge in [0, 0.05) is 6.42 Å². The number of carboxylic acid groups (broad SMARTS) is 1. The van der Waals surface area contributed by atoms with Crippen molar-refractivity contribution in [1.29, 1.82) is 0 Å². The molecule has 1 N–H and O–H groups in total. The number of carboxylic acids is 1. The average Bonchev–Trinajstić information content (AvgIpc) is 2.59. The lowest BCUT2D eigenvalue weighted by atomic mass is 10.1. The molecular formula is C10H14N4O2S. The van der Waals surface area contributed by atoms with E-state index in [1.165, 1.54) is 11.8 Å². The van der Waals surface area contributed by atoms with E-state index in [2.05, 4.69) is 29.1 Å². The molecule has 1 atom stereocenters. The summed E-state index contributed by atoms with van der Waals surface area (Å²) >= 11 is 1.18. The number of thioether (sulfide) groups is 1. The van der Waals surface area contributed by atoms with E-state index in [4.69, 9.17) is 5.11 Å². The highest BCUT2D eigenvalue weighted by molar-refractivity contribution is 8.01. The third-order valence-electron chi connectivity index (χ3n) is 2.35. The number of aromatic nitrogens is 3. The van der Waals surface area contributed by atoms with Gasteiger partial charge in [0.05, 0.1) is 5.71 Å². The van der Waals surface area contributed by atoms with Crippen molar-refractivity contribution in [2.24, 2.45) is 11.0 Å². The van der Waals surface area contributed by atoms with E-state index in [-0.39, 0.29) is 0 Å². The van der Waals surface area contributed by atoms with Gasteiger partial charge in [-0.25, -0.2) is 0 Å². The molecule has 1 unspecified atom stereocenters. The third-order valence-corrected chi connectivity index (χ3v) is 3.60. The number of hydrogen-bond acceptors (Lipinski definition) is 5. The molecule has 17 heavy (non-hydrogen) atoms. The van der Waals surface area contributed by atoms with Crippen LogP contribution in [0.1, 0.15) is 26.6 Å². The number of nitrogens with zero attached hydrogens (tertiary/aromatic N) is 4. The van der Waals surface area contributed by atoms with Crippen LogP contribution in [0, 0.1) is 5.92 Å². The Morgan fingerprint density at radius 2 is 2.24 bits per heavy atom. The lowest BCUT2D eigenvalue weighted by Gasteiger charge is -2.17. The van der Waals surface area contributed by atoms with Gasteiger partial charge in [-0.2, -0.15) is 9.78 Å². The second kappa shape index (κ2) is 4.48. The van der Waals surface area contributed by atoms with Gasteiger partial charge in [0.1, 0.15) is 5.25 Å². The minimum absolute atomic E-state index is 0.459. The van der Waals surface area contributed by atoms with Crippen LogP contribution in [-0.2, 0) is 11.2 Å². The Labute approximate surface area is 103 Å². The second-order valence-electron chi connectivity index (χ2n) is 4.39. The van der Waals surface area contributed by atoms with E-state index >= 15 is 0 Å². The zero-order chi connectivity index (χ0) is 12.6. The van der Waals surface area contributed by atoms with Crippen molar-refractivity contribution in [2.75, 3.05) is 0 Å². The quantitative estimate of drug-likeness (QED) is 0.878. The van der Waals surface area contributed by atoms with Crippen LogP contribution >= 0.6 is 11.8 Å². The standard InChI is InChI=1S/C10H14N4O2S/c1-5(2)4-7-11-12-10-14(7)13-6(3)8(17-10)9(15)16/h5,8H,4H2,1-3H3,(H,15,16). The monoisotopic (exact) mass is 254 g/mol. The molecule has 0 spiro atoms. The molecule has 0 fully saturated rings. The molecule has 0 aliphatic carbocycles. The maximum absolute atomic E-state index is 11.0. The first-order valence-corrected chi connectivity index (χ1v) is 6.26. The van der Waals surface area contributed by atoms with E-state index in [0.717, 1.165) is 12.2 Å². The minimum Gasteiger partial charge on any atom is -0.480 e. The lowest BCUT2D eigenvalue weighted by molar-refractivity contribution is -0.135. The molecule has 1 aromatic heterocycles. The van der Waals surface area contributed by atoms with Crippen molar-refractivity contribution >= 4 is 23.4 Å². The van der Waals surface area contributed by atoms with Crippen molar-refractivity contribution < 1.29 is 9.90 Å². The zero-order valence-electron chi connectivity index (χ0n) is 9.91. The normalized spacial score (nSPS) is 19.1. The fraction of sp³-hybridized carbons (Fsp3) is 0.600. The molecule has 0 saturated carbocycles. The lowest BCUT2D eigenvalue weighted by Crippen LogP contribution is -2.29. The number of aliphatic carboxylic acids is 1. The Bertz CT molecular complexity index is 481. The molecule has 92 valence electrons. The molecular weight excluding hydrogens is 240 g/mol. The van der Waals surface area contributed by atoms with Crippen LogP contribution in [0.15, 0.2) is 10.3 Å². The fourth-order valence-electron chi connectivity index (χ4n) is 1.59. The predicted molar refractivity (Wildman–Crippen MR) is 64.4 cm³/mol. The van der Waals surface area contributed by atoms with Crippen molar-refractivity contribution in [3.63, 3.8) is 0 Å². The molecule has 0 amide bonds. The minimum atomic E-state index is -0.893. The summed E-state index contributed by atoms with van der Waals surface area (Å²) in [4.78, 5) is 11.0. The Balaban J connectivity index is 2.33. The molecule has 0 saturated heterocycles. The van der Waals surface area contributed by atoms with Gasteiger partial charge in [0.2, 0.25) is 5.16 Å². The highest BCUT2D eigenvalue weighted by Gasteiger charge is 2.30. The van der Waals surface area contributed by atoms with Gasteiger partial charge in [-0.3, -0.25) is 4.79 Å². The molecule has 1 aliphatic rings. The molecule has 0 radical (unpaired) electrons. The Hall–Kier alpha value is -1.37. The molecule has 1 aliphatic heterocycles. The van der Waals surface area contributed by atoms with Gasteiger partial charge < -0.3 is 5.11 Å². The number of carbonyl (C=O) groups is 1. The second-order valence-corrected chi connectivity index (χ2v) is 5.46. The summed E-state index contributed by atoms with van der Waals surface area (Å²) in [6.45, 7) is 5.90. The first kappa shape index (κ1) is 12.1. The molecule has 1 aromatic rings. The molecule has 0 aromatic carbocycles.